The number of hydrogen-bond donors (Lipinski definition) is 1. The predicted octanol–water partition coefficient (Wildman–Crippen LogP) is 1.61. The first-order valence-electron chi connectivity index (χ1n) is 8.24. The summed E-state index contributed by atoms with van der Waals surface area (Å²) in [6.07, 6.45) is 1.30. The Labute approximate surface area is 156 Å². The molecule has 9 heteroatoms. The van der Waals surface area contributed by atoms with E-state index < -0.39 is 21.7 Å². The van der Waals surface area contributed by atoms with Gasteiger partial charge in [-0.05, 0) is 35.9 Å². The van der Waals surface area contributed by atoms with E-state index in [2.05, 4.69) is 10.5 Å². The van der Waals surface area contributed by atoms with Crippen molar-refractivity contribution in [2.45, 2.75) is 4.90 Å². The quantitative estimate of drug-likeness (QED) is 0.620. The molecule has 1 N–H and O–H groups in total. The van der Waals surface area contributed by atoms with Crippen LogP contribution < -0.4 is 5.43 Å². The summed E-state index contributed by atoms with van der Waals surface area (Å²) < 4.78 is 44.9. The molecule has 27 heavy (non-hydrogen) atoms. The molecule has 0 aliphatic carbocycles. The average molecular weight is 391 g/mol. The molecule has 0 saturated carbocycles. The summed E-state index contributed by atoms with van der Waals surface area (Å²) in [5.74, 6) is -0.979. The lowest BCUT2D eigenvalue weighted by molar-refractivity contribution is 0.0730. The van der Waals surface area contributed by atoms with Crippen molar-refractivity contribution in [1.29, 1.82) is 0 Å². The molecule has 7 nitrogen and oxygen atoms in total. The summed E-state index contributed by atoms with van der Waals surface area (Å²) in [7, 11) is -3.69. The first-order valence-corrected chi connectivity index (χ1v) is 9.68. The first kappa shape index (κ1) is 19.2. The molecular weight excluding hydrogens is 373 g/mol. The van der Waals surface area contributed by atoms with Crippen LogP contribution in [-0.2, 0) is 14.8 Å². The maximum atomic E-state index is 13.1. The Morgan fingerprint density at radius 2 is 1.89 bits per heavy atom. The van der Waals surface area contributed by atoms with Gasteiger partial charge in [0.15, 0.2) is 0 Å². The number of carbonyl (C=O) groups excluding carboxylic acids is 1. The summed E-state index contributed by atoms with van der Waals surface area (Å²) in [6.45, 7) is 1.23. The maximum absolute atomic E-state index is 13.1. The number of halogens is 1. The standard InChI is InChI=1S/C18H18FN3O4S/c19-16-5-1-3-14(11-16)13-20-21-18(23)15-4-2-6-17(12-15)27(24,25)22-7-9-26-10-8-22/h1-6,11-13H,7-10H2,(H,21,23). The molecule has 1 saturated heterocycles. The lowest BCUT2D eigenvalue weighted by Crippen LogP contribution is -2.40. The zero-order valence-electron chi connectivity index (χ0n) is 14.3. The number of sulfonamides is 1. The zero-order chi connectivity index (χ0) is 19.3. The number of rotatable bonds is 5. The van der Waals surface area contributed by atoms with Crippen LogP contribution in [0.3, 0.4) is 0 Å². The van der Waals surface area contributed by atoms with E-state index in [4.69, 9.17) is 4.74 Å². The molecule has 0 atom stereocenters. The van der Waals surface area contributed by atoms with Gasteiger partial charge in [0.2, 0.25) is 10.0 Å². The molecule has 0 bridgehead atoms. The normalized spacial score (nSPS) is 15.7. The lowest BCUT2D eigenvalue weighted by Gasteiger charge is -2.26. The highest BCUT2D eigenvalue weighted by molar-refractivity contribution is 7.89. The van der Waals surface area contributed by atoms with Crippen molar-refractivity contribution < 1.29 is 22.3 Å². The monoisotopic (exact) mass is 391 g/mol. The Hall–Kier alpha value is -2.62. The molecule has 2 aromatic carbocycles. The van der Waals surface area contributed by atoms with Crippen LogP contribution in [0.4, 0.5) is 4.39 Å². The summed E-state index contributed by atoms with van der Waals surface area (Å²) in [5.41, 5.74) is 2.94. The van der Waals surface area contributed by atoms with Crippen molar-refractivity contribution in [1.82, 2.24) is 9.73 Å². The number of benzene rings is 2. The minimum absolute atomic E-state index is 0.0335. The van der Waals surface area contributed by atoms with Crippen LogP contribution in [0.2, 0.25) is 0 Å². The average Bonchev–Trinajstić information content (AvgIpc) is 2.69. The topological polar surface area (TPSA) is 88.1 Å². The smallest absolute Gasteiger partial charge is 0.271 e. The van der Waals surface area contributed by atoms with Gasteiger partial charge < -0.3 is 4.74 Å². The van der Waals surface area contributed by atoms with Crippen molar-refractivity contribution >= 4 is 22.1 Å². The third kappa shape index (κ3) is 4.76. The molecule has 0 spiro atoms. The molecule has 1 heterocycles. The highest BCUT2D eigenvalue weighted by Crippen LogP contribution is 2.18. The van der Waals surface area contributed by atoms with Crippen LogP contribution in [-0.4, -0.2) is 51.1 Å². The van der Waals surface area contributed by atoms with Gasteiger partial charge in [0, 0.05) is 18.7 Å². The second-order valence-electron chi connectivity index (χ2n) is 5.80. The number of carbonyl (C=O) groups is 1. The van der Waals surface area contributed by atoms with Crippen molar-refractivity contribution in [3.8, 4) is 0 Å². The molecule has 142 valence electrons. The number of amides is 1. The van der Waals surface area contributed by atoms with Crippen LogP contribution in [0.1, 0.15) is 15.9 Å². The fraction of sp³-hybridized carbons (Fsp3) is 0.222. The van der Waals surface area contributed by atoms with Gasteiger partial charge >= 0.3 is 0 Å². The molecule has 2 aromatic rings. The second-order valence-corrected chi connectivity index (χ2v) is 7.74. The predicted molar refractivity (Wildman–Crippen MR) is 97.5 cm³/mol. The molecule has 1 amide bonds. The van der Waals surface area contributed by atoms with Crippen LogP contribution in [0.15, 0.2) is 58.5 Å². The molecule has 1 aliphatic heterocycles. The Morgan fingerprint density at radius 1 is 1.15 bits per heavy atom. The van der Waals surface area contributed by atoms with Gasteiger partial charge in [0.1, 0.15) is 5.82 Å². The Bertz CT molecular complexity index is 957. The number of nitrogens with zero attached hydrogens (tertiary/aromatic N) is 2. The van der Waals surface area contributed by atoms with E-state index in [1.165, 1.54) is 53.0 Å². The van der Waals surface area contributed by atoms with Crippen LogP contribution in [0.25, 0.3) is 0 Å². The van der Waals surface area contributed by atoms with Gasteiger partial charge in [-0.2, -0.15) is 9.41 Å². The molecule has 0 aromatic heterocycles. The first-order chi connectivity index (χ1) is 13.0. The van der Waals surface area contributed by atoms with E-state index in [1.807, 2.05) is 0 Å². The Morgan fingerprint density at radius 3 is 2.63 bits per heavy atom. The van der Waals surface area contributed by atoms with Gasteiger partial charge in [0.05, 0.1) is 24.3 Å². The maximum Gasteiger partial charge on any atom is 0.271 e. The van der Waals surface area contributed by atoms with Gasteiger partial charge in [-0.1, -0.05) is 18.2 Å². The Balaban J connectivity index is 1.72. The fourth-order valence-electron chi connectivity index (χ4n) is 2.55. The van der Waals surface area contributed by atoms with E-state index in [1.54, 1.807) is 6.07 Å². The molecule has 0 unspecified atom stereocenters. The minimum atomic E-state index is -3.69. The van der Waals surface area contributed by atoms with E-state index in [-0.39, 0.29) is 23.5 Å². The zero-order valence-corrected chi connectivity index (χ0v) is 15.2. The molecule has 1 fully saturated rings. The highest BCUT2D eigenvalue weighted by Gasteiger charge is 2.26. The SMILES string of the molecule is O=C(NN=Cc1cccc(F)c1)c1cccc(S(=O)(=O)N2CCOCC2)c1. The third-order valence-corrected chi connectivity index (χ3v) is 5.83. The van der Waals surface area contributed by atoms with Crippen LogP contribution in [0, 0.1) is 5.82 Å². The summed E-state index contributed by atoms with van der Waals surface area (Å²) in [4.78, 5) is 12.3. The minimum Gasteiger partial charge on any atom is -0.379 e. The van der Waals surface area contributed by atoms with Gasteiger partial charge in [0.25, 0.3) is 5.91 Å². The highest BCUT2D eigenvalue weighted by atomic mass is 32.2. The van der Waals surface area contributed by atoms with Gasteiger partial charge in [-0.25, -0.2) is 18.2 Å². The van der Waals surface area contributed by atoms with Gasteiger partial charge in [-0.3, -0.25) is 4.79 Å². The summed E-state index contributed by atoms with van der Waals surface area (Å²) >= 11 is 0. The summed E-state index contributed by atoms with van der Waals surface area (Å²) in [5, 5.41) is 3.77. The Kier molecular flexibility index (Phi) is 5.94. The number of morpholine rings is 1. The largest absolute Gasteiger partial charge is 0.379 e. The lowest BCUT2D eigenvalue weighted by atomic mass is 10.2. The van der Waals surface area contributed by atoms with Crippen molar-refractivity contribution in [3.05, 3.63) is 65.5 Å². The number of nitrogens with one attached hydrogen (secondary N) is 1. The van der Waals surface area contributed by atoms with Crippen LogP contribution in [0.5, 0.6) is 0 Å². The van der Waals surface area contributed by atoms with E-state index in [9.17, 15) is 17.6 Å². The number of hydrogen-bond acceptors (Lipinski definition) is 5. The molecular formula is C18H18FN3O4S. The third-order valence-electron chi connectivity index (χ3n) is 3.93. The van der Waals surface area contributed by atoms with E-state index >= 15 is 0 Å². The van der Waals surface area contributed by atoms with Crippen molar-refractivity contribution in [3.63, 3.8) is 0 Å². The summed E-state index contributed by atoms with van der Waals surface area (Å²) in [6, 6.07) is 11.5. The van der Waals surface area contributed by atoms with Crippen molar-refractivity contribution in [2.75, 3.05) is 26.3 Å². The molecule has 1 aliphatic rings. The fourth-order valence-corrected chi connectivity index (χ4v) is 4.01. The molecule has 3 rings (SSSR count). The van der Waals surface area contributed by atoms with Gasteiger partial charge in [-0.15, -0.1) is 0 Å². The molecule has 0 radical (unpaired) electrons. The number of hydrazone groups is 1. The number of ether oxygens (including phenoxy) is 1. The van der Waals surface area contributed by atoms with Crippen molar-refractivity contribution in [2.24, 2.45) is 5.10 Å². The van der Waals surface area contributed by atoms with E-state index in [0.29, 0.717) is 18.8 Å². The van der Waals surface area contributed by atoms with E-state index in [0.717, 1.165) is 0 Å². The second kappa shape index (κ2) is 8.38. The van der Waals surface area contributed by atoms with Crippen LogP contribution >= 0.6 is 0 Å².